The molecular weight excluding hydrogens is 290 g/mol. The van der Waals surface area contributed by atoms with Gasteiger partial charge in [-0.1, -0.05) is 42.0 Å². The molecule has 0 unspecified atom stereocenters. The molecule has 1 amide bonds. The van der Waals surface area contributed by atoms with E-state index in [4.69, 9.17) is 4.74 Å². The van der Waals surface area contributed by atoms with E-state index in [2.05, 4.69) is 5.32 Å². The van der Waals surface area contributed by atoms with Crippen molar-refractivity contribution in [3.05, 3.63) is 65.2 Å². The van der Waals surface area contributed by atoms with E-state index in [1.807, 2.05) is 31.2 Å². The Hall–Kier alpha value is -2.62. The van der Waals surface area contributed by atoms with Crippen LogP contribution < -0.4 is 10.1 Å². The Kier molecular flexibility index (Phi) is 5.92. The summed E-state index contributed by atoms with van der Waals surface area (Å²) in [4.78, 5) is 24.0. The van der Waals surface area contributed by atoms with E-state index in [-0.39, 0.29) is 24.5 Å². The van der Waals surface area contributed by atoms with Gasteiger partial charge in [0, 0.05) is 24.9 Å². The number of carbonyl (C=O) groups excluding carboxylic acids is 2. The molecular formula is C19H21NO3. The molecule has 0 aliphatic rings. The van der Waals surface area contributed by atoms with Crippen LogP contribution in [0.25, 0.3) is 0 Å². The van der Waals surface area contributed by atoms with E-state index in [9.17, 15) is 9.59 Å². The van der Waals surface area contributed by atoms with Gasteiger partial charge in [0.05, 0.1) is 7.11 Å². The number of methoxy groups -OCH3 is 1. The highest BCUT2D eigenvalue weighted by Gasteiger charge is 2.10. The molecule has 4 heteroatoms. The number of nitrogens with one attached hydrogen (secondary N) is 1. The highest BCUT2D eigenvalue weighted by atomic mass is 16.5. The number of aryl methyl sites for hydroxylation is 1. The van der Waals surface area contributed by atoms with E-state index >= 15 is 0 Å². The summed E-state index contributed by atoms with van der Waals surface area (Å²) in [6.45, 7) is 2.49. The van der Waals surface area contributed by atoms with Crippen molar-refractivity contribution in [1.82, 2.24) is 5.32 Å². The number of amides is 1. The van der Waals surface area contributed by atoms with Crippen molar-refractivity contribution in [1.29, 1.82) is 0 Å². The molecule has 0 aliphatic heterocycles. The zero-order valence-corrected chi connectivity index (χ0v) is 13.5. The number of ether oxygens (including phenoxy) is 1. The molecule has 0 heterocycles. The first-order chi connectivity index (χ1) is 11.1. The maximum absolute atomic E-state index is 12.1. The van der Waals surface area contributed by atoms with Crippen LogP contribution in [-0.2, 0) is 11.3 Å². The van der Waals surface area contributed by atoms with Crippen molar-refractivity contribution in [3.63, 3.8) is 0 Å². The molecule has 0 fully saturated rings. The minimum Gasteiger partial charge on any atom is -0.497 e. The van der Waals surface area contributed by atoms with Gasteiger partial charge in [-0.2, -0.15) is 0 Å². The number of Topliss-reactive ketones (excluding diaryl/α,β-unsaturated/α-hetero) is 1. The Balaban J connectivity index is 1.80. The third-order valence-electron chi connectivity index (χ3n) is 3.54. The smallest absolute Gasteiger partial charge is 0.220 e. The lowest BCUT2D eigenvalue weighted by atomic mass is 10.1. The molecule has 1 N–H and O–H groups in total. The monoisotopic (exact) mass is 311 g/mol. The first-order valence-electron chi connectivity index (χ1n) is 7.58. The van der Waals surface area contributed by atoms with Crippen LogP contribution in [-0.4, -0.2) is 18.8 Å². The molecule has 2 rings (SSSR count). The van der Waals surface area contributed by atoms with Crippen LogP contribution in [0.1, 0.15) is 34.3 Å². The normalized spacial score (nSPS) is 10.2. The third kappa shape index (κ3) is 5.25. The molecule has 0 bridgehead atoms. The predicted molar refractivity (Wildman–Crippen MR) is 89.6 cm³/mol. The Bertz CT molecular complexity index is 695. The van der Waals surface area contributed by atoms with Crippen LogP contribution >= 0.6 is 0 Å². The van der Waals surface area contributed by atoms with Crippen LogP contribution in [0.2, 0.25) is 0 Å². The average molecular weight is 311 g/mol. The summed E-state index contributed by atoms with van der Waals surface area (Å²) in [7, 11) is 1.56. The topological polar surface area (TPSA) is 55.4 Å². The highest BCUT2D eigenvalue weighted by Crippen LogP contribution is 2.14. The van der Waals surface area contributed by atoms with E-state index in [1.54, 1.807) is 31.4 Å². The van der Waals surface area contributed by atoms with Gasteiger partial charge in [-0.3, -0.25) is 9.59 Å². The van der Waals surface area contributed by atoms with E-state index in [0.717, 1.165) is 11.1 Å². The molecule has 0 atom stereocenters. The number of carbonyl (C=O) groups is 2. The van der Waals surface area contributed by atoms with Crippen LogP contribution in [0.5, 0.6) is 5.75 Å². The van der Waals surface area contributed by atoms with Crippen molar-refractivity contribution < 1.29 is 14.3 Å². The molecule has 23 heavy (non-hydrogen) atoms. The quantitative estimate of drug-likeness (QED) is 0.798. The van der Waals surface area contributed by atoms with E-state index in [0.29, 0.717) is 17.9 Å². The summed E-state index contributed by atoms with van der Waals surface area (Å²) in [5.41, 5.74) is 2.78. The van der Waals surface area contributed by atoms with Gasteiger partial charge >= 0.3 is 0 Å². The third-order valence-corrected chi connectivity index (χ3v) is 3.54. The first-order valence-corrected chi connectivity index (χ1v) is 7.58. The summed E-state index contributed by atoms with van der Waals surface area (Å²) in [6.07, 6.45) is 0.370. The van der Waals surface area contributed by atoms with Gasteiger partial charge in [-0.25, -0.2) is 0 Å². The number of hydrogen-bond acceptors (Lipinski definition) is 3. The van der Waals surface area contributed by atoms with Crippen molar-refractivity contribution in [2.75, 3.05) is 7.11 Å². The fourth-order valence-electron chi connectivity index (χ4n) is 2.28. The minimum absolute atomic E-state index is 0.0606. The number of ketones is 1. The summed E-state index contributed by atoms with van der Waals surface area (Å²) >= 11 is 0. The molecule has 0 radical (unpaired) electrons. The largest absolute Gasteiger partial charge is 0.497 e. The van der Waals surface area contributed by atoms with Gasteiger partial charge in [0.1, 0.15) is 5.75 Å². The SMILES string of the molecule is COc1cccc(C(=O)CCC(=O)NCc2cccc(C)c2)c1. The van der Waals surface area contributed by atoms with Crippen LogP contribution in [0.15, 0.2) is 48.5 Å². The molecule has 0 spiro atoms. The average Bonchev–Trinajstić information content (AvgIpc) is 2.58. The van der Waals surface area contributed by atoms with Crippen molar-refractivity contribution in [2.45, 2.75) is 26.3 Å². The van der Waals surface area contributed by atoms with E-state index < -0.39 is 0 Å². The van der Waals surface area contributed by atoms with Gasteiger partial charge in [0.15, 0.2) is 5.78 Å². The molecule has 0 saturated carbocycles. The highest BCUT2D eigenvalue weighted by molar-refractivity contribution is 5.98. The van der Waals surface area contributed by atoms with Gasteiger partial charge in [-0.05, 0) is 24.6 Å². The molecule has 0 aromatic heterocycles. The molecule has 2 aromatic rings. The van der Waals surface area contributed by atoms with Gasteiger partial charge in [0.25, 0.3) is 0 Å². The molecule has 0 aliphatic carbocycles. The summed E-state index contributed by atoms with van der Waals surface area (Å²) in [5.74, 6) is 0.456. The minimum atomic E-state index is -0.122. The summed E-state index contributed by atoms with van der Waals surface area (Å²) in [5, 5.41) is 2.84. The maximum atomic E-state index is 12.1. The fourth-order valence-corrected chi connectivity index (χ4v) is 2.28. The number of benzene rings is 2. The molecule has 0 saturated heterocycles. The summed E-state index contributed by atoms with van der Waals surface area (Å²) < 4.78 is 5.10. The predicted octanol–water partition coefficient (Wildman–Crippen LogP) is 3.28. The second-order valence-corrected chi connectivity index (χ2v) is 5.42. The lowest BCUT2D eigenvalue weighted by Gasteiger charge is -2.06. The van der Waals surface area contributed by atoms with Gasteiger partial charge in [-0.15, -0.1) is 0 Å². The Morgan fingerprint density at radius 3 is 2.57 bits per heavy atom. The standard InChI is InChI=1S/C19H21NO3/c1-14-5-3-6-15(11-14)13-20-19(22)10-9-18(21)16-7-4-8-17(12-16)23-2/h3-8,11-12H,9-10,13H2,1-2H3,(H,20,22). The Morgan fingerprint density at radius 1 is 1.04 bits per heavy atom. The summed E-state index contributed by atoms with van der Waals surface area (Å²) in [6, 6.07) is 14.9. The Labute approximate surface area is 136 Å². The van der Waals surface area contributed by atoms with Crippen LogP contribution in [0.3, 0.4) is 0 Å². The number of hydrogen-bond donors (Lipinski definition) is 1. The molecule has 2 aromatic carbocycles. The first kappa shape index (κ1) is 16.7. The maximum Gasteiger partial charge on any atom is 0.220 e. The Morgan fingerprint density at radius 2 is 1.83 bits per heavy atom. The van der Waals surface area contributed by atoms with Crippen molar-refractivity contribution in [2.24, 2.45) is 0 Å². The van der Waals surface area contributed by atoms with Gasteiger partial charge in [0.2, 0.25) is 5.91 Å². The van der Waals surface area contributed by atoms with Crippen molar-refractivity contribution >= 4 is 11.7 Å². The lowest BCUT2D eigenvalue weighted by Crippen LogP contribution is -2.23. The van der Waals surface area contributed by atoms with Crippen molar-refractivity contribution in [3.8, 4) is 5.75 Å². The van der Waals surface area contributed by atoms with Crippen LogP contribution in [0.4, 0.5) is 0 Å². The zero-order chi connectivity index (χ0) is 16.7. The lowest BCUT2D eigenvalue weighted by molar-refractivity contribution is -0.121. The number of rotatable bonds is 7. The zero-order valence-electron chi connectivity index (χ0n) is 13.5. The fraction of sp³-hybridized carbons (Fsp3) is 0.263. The van der Waals surface area contributed by atoms with Gasteiger partial charge < -0.3 is 10.1 Å². The molecule has 4 nitrogen and oxygen atoms in total. The second kappa shape index (κ2) is 8.13. The van der Waals surface area contributed by atoms with Crippen LogP contribution in [0, 0.1) is 6.92 Å². The van der Waals surface area contributed by atoms with E-state index in [1.165, 1.54) is 0 Å². The second-order valence-electron chi connectivity index (χ2n) is 5.42. The molecule has 120 valence electrons.